The van der Waals surface area contributed by atoms with Gasteiger partial charge >= 0.3 is 0 Å². The van der Waals surface area contributed by atoms with Crippen molar-refractivity contribution >= 4 is 15.9 Å². The summed E-state index contributed by atoms with van der Waals surface area (Å²) >= 11 is 0. The molecule has 1 amide bonds. The molecule has 0 saturated carbocycles. The second-order valence-electron chi connectivity index (χ2n) is 8.95. The van der Waals surface area contributed by atoms with Gasteiger partial charge in [-0.1, -0.05) is 32.4 Å². The van der Waals surface area contributed by atoms with E-state index in [4.69, 9.17) is 0 Å². The summed E-state index contributed by atoms with van der Waals surface area (Å²) in [4.78, 5) is 15.3. The molecule has 2 fully saturated rings. The monoisotopic (exact) mass is 477 g/mol. The van der Waals surface area contributed by atoms with Crippen molar-refractivity contribution in [1.29, 1.82) is 0 Å². The number of nitrogens with zero attached hydrogens (tertiary/aromatic N) is 2. The highest BCUT2D eigenvalue weighted by Crippen LogP contribution is 2.37. The molecule has 0 bridgehead atoms. The van der Waals surface area contributed by atoms with Crippen LogP contribution in [0, 0.1) is 17.6 Å². The first kappa shape index (κ1) is 23.8. The summed E-state index contributed by atoms with van der Waals surface area (Å²) < 4.78 is 54.1. The van der Waals surface area contributed by atoms with Crippen LogP contribution in [0.25, 0.3) is 0 Å². The molecular weight excluding hydrogens is 448 g/mol. The predicted octanol–water partition coefficient (Wildman–Crippen LogP) is 3.49. The first-order valence-electron chi connectivity index (χ1n) is 11.3. The fraction of sp³-hybridized carbons (Fsp3) is 0.458. The normalized spacial score (nSPS) is 22.1. The molecule has 1 spiro atoms. The average Bonchev–Trinajstić information content (AvgIpc) is 3.06. The topological polar surface area (TPSA) is 69.7 Å². The van der Waals surface area contributed by atoms with Gasteiger partial charge < -0.3 is 4.90 Å². The lowest BCUT2D eigenvalue weighted by molar-refractivity contribution is -0.134. The molecule has 2 aliphatic rings. The van der Waals surface area contributed by atoms with Gasteiger partial charge in [0.15, 0.2) is 0 Å². The zero-order valence-electron chi connectivity index (χ0n) is 18.8. The molecule has 2 aromatic rings. The lowest BCUT2D eigenvalue weighted by Gasteiger charge is -2.44. The third-order valence-corrected chi connectivity index (χ3v) is 8.85. The van der Waals surface area contributed by atoms with E-state index in [0.29, 0.717) is 19.4 Å². The molecule has 2 aliphatic heterocycles. The van der Waals surface area contributed by atoms with Crippen molar-refractivity contribution in [2.24, 2.45) is 5.92 Å². The van der Waals surface area contributed by atoms with E-state index in [1.54, 1.807) is 17.0 Å². The Morgan fingerprint density at radius 2 is 1.58 bits per heavy atom. The number of hydrogen-bond acceptors (Lipinski definition) is 4. The maximum Gasteiger partial charge on any atom is 0.243 e. The predicted molar refractivity (Wildman–Crippen MR) is 120 cm³/mol. The summed E-state index contributed by atoms with van der Waals surface area (Å²) in [5, 5.41) is 3.54. The van der Waals surface area contributed by atoms with E-state index < -0.39 is 21.5 Å². The zero-order valence-corrected chi connectivity index (χ0v) is 19.6. The second kappa shape index (κ2) is 9.12. The van der Waals surface area contributed by atoms with Gasteiger partial charge in [-0.3, -0.25) is 10.1 Å². The standard InChI is InChI=1S/C24H29F2N3O3S/c1-3-17(2)22-23(30)29(16-18-4-6-19(25)7-5-18)24(27-22)12-14-28(15-13-24)33(31,32)21-10-8-20(26)9-11-21/h4-11,17,22,27H,3,12-16H2,1-2H3/t17-,22-/m1/s1. The fourth-order valence-electron chi connectivity index (χ4n) is 4.70. The van der Waals surface area contributed by atoms with Crippen LogP contribution in [0.1, 0.15) is 38.7 Å². The molecule has 33 heavy (non-hydrogen) atoms. The molecule has 0 aliphatic carbocycles. The lowest BCUT2D eigenvalue weighted by Crippen LogP contribution is -2.59. The third kappa shape index (κ3) is 4.54. The number of carbonyl (C=O) groups is 1. The molecule has 2 aromatic carbocycles. The van der Waals surface area contributed by atoms with Gasteiger partial charge in [-0.2, -0.15) is 4.31 Å². The number of nitrogens with one attached hydrogen (secondary N) is 1. The van der Waals surface area contributed by atoms with Crippen LogP contribution in [0.15, 0.2) is 53.4 Å². The quantitative estimate of drug-likeness (QED) is 0.692. The number of rotatable bonds is 6. The molecular formula is C24H29F2N3O3S. The summed E-state index contributed by atoms with van der Waals surface area (Å²) in [6.45, 7) is 4.84. The van der Waals surface area contributed by atoms with Crippen LogP contribution >= 0.6 is 0 Å². The van der Waals surface area contributed by atoms with E-state index in [2.05, 4.69) is 5.32 Å². The zero-order chi connectivity index (χ0) is 23.8. The summed E-state index contributed by atoms with van der Waals surface area (Å²) in [6, 6.07) is 10.5. The first-order chi connectivity index (χ1) is 15.7. The molecule has 0 unspecified atom stereocenters. The molecule has 0 radical (unpaired) electrons. The van der Waals surface area contributed by atoms with Crippen LogP contribution in [0.2, 0.25) is 0 Å². The fourth-order valence-corrected chi connectivity index (χ4v) is 6.14. The molecule has 4 rings (SSSR count). The van der Waals surface area contributed by atoms with Gasteiger partial charge in [0.25, 0.3) is 0 Å². The van der Waals surface area contributed by atoms with Crippen molar-refractivity contribution in [3.05, 3.63) is 65.7 Å². The van der Waals surface area contributed by atoms with E-state index in [0.717, 1.165) is 24.1 Å². The summed E-state index contributed by atoms with van der Waals surface area (Å²) in [6.07, 6.45) is 1.68. The maximum atomic E-state index is 13.4. The summed E-state index contributed by atoms with van der Waals surface area (Å²) in [5.41, 5.74) is 0.145. The lowest BCUT2D eigenvalue weighted by atomic mass is 9.96. The Bertz CT molecular complexity index is 1100. The van der Waals surface area contributed by atoms with E-state index in [1.165, 1.54) is 28.6 Å². The molecule has 1 N–H and O–H groups in total. The van der Waals surface area contributed by atoms with Crippen LogP contribution in [0.3, 0.4) is 0 Å². The van der Waals surface area contributed by atoms with Crippen molar-refractivity contribution < 1.29 is 22.0 Å². The van der Waals surface area contributed by atoms with E-state index in [1.807, 2.05) is 13.8 Å². The van der Waals surface area contributed by atoms with Crippen molar-refractivity contribution in [2.45, 2.75) is 56.3 Å². The largest absolute Gasteiger partial charge is 0.319 e. The maximum absolute atomic E-state index is 13.4. The first-order valence-corrected chi connectivity index (χ1v) is 12.7. The number of hydrogen-bond donors (Lipinski definition) is 1. The van der Waals surface area contributed by atoms with Crippen molar-refractivity contribution in [3.8, 4) is 0 Å². The van der Waals surface area contributed by atoms with E-state index >= 15 is 0 Å². The van der Waals surface area contributed by atoms with Gasteiger partial charge in [0.1, 0.15) is 11.6 Å². The van der Waals surface area contributed by atoms with Crippen molar-refractivity contribution in [1.82, 2.24) is 14.5 Å². The van der Waals surface area contributed by atoms with Gasteiger partial charge in [0.2, 0.25) is 15.9 Å². The minimum absolute atomic E-state index is 0.0106. The summed E-state index contributed by atoms with van der Waals surface area (Å²) in [7, 11) is -3.76. The molecule has 9 heteroatoms. The highest BCUT2D eigenvalue weighted by Gasteiger charge is 2.53. The van der Waals surface area contributed by atoms with Crippen LogP contribution in [-0.4, -0.2) is 48.3 Å². The minimum atomic E-state index is -3.76. The van der Waals surface area contributed by atoms with Gasteiger partial charge in [-0.15, -0.1) is 0 Å². The number of sulfonamides is 1. The van der Waals surface area contributed by atoms with Gasteiger partial charge in [0.05, 0.1) is 16.6 Å². The third-order valence-electron chi connectivity index (χ3n) is 6.94. The van der Waals surface area contributed by atoms with Crippen LogP contribution in [0.5, 0.6) is 0 Å². The van der Waals surface area contributed by atoms with Crippen LogP contribution in [0.4, 0.5) is 8.78 Å². The number of amides is 1. The van der Waals surface area contributed by atoms with Crippen LogP contribution in [-0.2, 0) is 21.4 Å². The molecule has 2 saturated heterocycles. The van der Waals surface area contributed by atoms with E-state index in [-0.39, 0.29) is 41.7 Å². The van der Waals surface area contributed by atoms with Crippen molar-refractivity contribution in [3.63, 3.8) is 0 Å². The Kier molecular flexibility index (Phi) is 6.57. The molecule has 6 nitrogen and oxygen atoms in total. The van der Waals surface area contributed by atoms with Crippen molar-refractivity contribution in [2.75, 3.05) is 13.1 Å². The number of piperidine rings is 1. The average molecular weight is 478 g/mol. The highest BCUT2D eigenvalue weighted by atomic mass is 32.2. The number of halogens is 2. The molecule has 2 heterocycles. The number of benzene rings is 2. The second-order valence-corrected chi connectivity index (χ2v) is 10.9. The number of carbonyl (C=O) groups excluding carboxylic acids is 1. The van der Waals surface area contributed by atoms with Gasteiger partial charge in [0, 0.05) is 19.6 Å². The minimum Gasteiger partial charge on any atom is -0.319 e. The van der Waals surface area contributed by atoms with Crippen LogP contribution < -0.4 is 5.32 Å². The Hall–Kier alpha value is -2.36. The summed E-state index contributed by atoms with van der Waals surface area (Å²) in [5.74, 6) is -0.721. The molecule has 0 aromatic heterocycles. The van der Waals surface area contributed by atoms with E-state index in [9.17, 15) is 22.0 Å². The Balaban J connectivity index is 1.57. The molecule has 2 atom stereocenters. The SMILES string of the molecule is CC[C@@H](C)[C@H]1NC2(CCN(S(=O)(=O)c3ccc(F)cc3)CC2)N(Cc2ccc(F)cc2)C1=O. The highest BCUT2D eigenvalue weighted by molar-refractivity contribution is 7.89. The van der Waals surface area contributed by atoms with Gasteiger partial charge in [-0.25, -0.2) is 17.2 Å². The Morgan fingerprint density at radius 1 is 1.03 bits per heavy atom. The smallest absolute Gasteiger partial charge is 0.243 e. The Labute approximate surface area is 193 Å². The molecule has 178 valence electrons. The van der Waals surface area contributed by atoms with Gasteiger partial charge in [-0.05, 0) is 60.7 Å². The Morgan fingerprint density at radius 3 is 2.12 bits per heavy atom.